The van der Waals surface area contributed by atoms with Crippen molar-refractivity contribution in [2.24, 2.45) is 11.8 Å². The van der Waals surface area contributed by atoms with E-state index in [1.807, 2.05) is 0 Å². The molecule has 1 aliphatic carbocycles. The molecule has 6 nitrogen and oxygen atoms in total. The fraction of sp³-hybridized carbons (Fsp3) is 0.480. The van der Waals surface area contributed by atoms with Gasteiger partial charge in [-0.15, -0.1) is 11.3 Å². The van der Waals surface area contributed by atoms with E-state index in [0.29, 0.717) is 24.4 Å². The largest absolute Gasteiger partial charge is 0.358 e. The summed E-state index contributed by atoms with van der Waals surface area (Å²) in [6.45, 7) is 2.40. The summed E-state index contributed by atoms with van der Waals surface area (Å²) in [5.74, 6) is 2.45. The summed E-state index contributed by atoms with van der Waals surface area (Å²) >= 11 is 1.69. The number of fused-ring (bicyclic) bond motifs is 1. The third-order valence-electron chi connectivity index (χ3n) is 7.22. The maximum Gasteiger partial charge on any atom is 0.233 e. The molecule has 1 saturated heterocycles. The minimum absolute atomic E-state index is 0.0704. The number of hydrogen-bond acceptors (Lipinski definition) is 6. The number of aromatic nitrogens is 2. The molecule has 3 aromatic rings. The normalized spacial score (nSPS) is 18.5. The van der Waals surface area contributed by atoms with Crippen LogP contribution in [0.4, 0.5) is 5.82 Å². The second-order valence-electron chi connectivity index (χ2n) is 8.99. The van der Waals surface area contributed by atoms with E-state index in [9.17, 15) is 4.79 Å². The van der Waals surface area contributed by atoms with Gasteiger partial charge in [-0.05, 0) is 43.1 Å². The number of nitrogens with zero attached hydrogens (tertiary/aromatic N) is 3. The Morgan fingerprint density at radius 1 is 1.12 bits per heavy atom. The van der Waals surface area contributed by atoms with Gasteiger partial charge in [0.15, 0.2) is 0 Å². The molecule has 2 aromatic heterocycles. The molecule has 1 aliphatic heterocycles. The molecule has 1 unspecified atom stereocenters. The molecule has 2 N–H and O–H groups in total. The van der Waals surface area contributed by atoms with Crippen molar-refractivity contribution in [2.45, 2.75) is 38.1 Å². The quantitative estimate of drug-likeness (QED) is 0.569. The van der Waals surface area contributed by atoms with Gasteiger partial charge in [-0.2, -0.15) is 0 Å². The van der Waals surface area contributed by atoms with Crippen LogP contribution in [0.2, 0.25) is 0 Å². The van der Waals surface area contributed by atoms with Crippen LogP contribution in [0.3, 0.4) is 0 Å². The van der Waals surface area contributed by atoms with E-state index in [2.05, 4.69) is 56.2 Å². The number of rotatable bonds is 7. The molecule has 7 heteroatoms. The fourth-order valence-electron chi connectivity index (χ4n) is 5.22. The second-order valence-corrected chi connectivity index (χ2v) is 9.85. The van der Waals surface area contributed by atoms with Crippen molar-refractivity contribution in [1.29, 1.82) is 0 Å². The van der Waals surface area contributed by atoms with Crippen molar-refractivity contribution in [1.82, 2.24) is 20.6 Å². The molecule has 3 heterocycles. The molecule has 1 saturated carbocycles. The molecule has 32 heavy (non-hydrogen) atoms. The lowest BCUT2D eigenvalue weighted by Crippen LogP contribution is -2.51. The molecule has 1 amide bonds. The van der Waals surface area contributed by atoms with Crippen LogP contribution in [0.15, 0.2) is 42.0 Å². The van der Waals surface area contributed by atoms with Gasteiger partial charge in [-0.1, -0.05) is 36.8 Å². The van der Waals surface area contributed by atoms with Crippen LogP contribution in [0.5, 0.6) is 0 Å². The summed E-state index contributed by atoms with van der Waals surface area (Å²) < 4.78 is 0. The van der Waals surface area contributed by atoms with Crippen LogP contribution in [0.25, 0.3) is 21.3 Å². The Labute approximate surface area is 193 Å². The van der Waals surface area contributed by atoms with Crippen molar-refractivity contribution in [3.63, 3.8) is 0 Å². The van der Waals surface area contributed by atoms with Crippen LogP contribution >= 0.6 is 11.3 Å². The highest BCUT2D eigenvalue weighted by atomic mass is 32.1. The number of amides is 1. The number of benzene rings is 1. The van der Waals surface area contributed by atoms with Crippen molar-refractivity contribution in [3.05, 3.63) is 42.0 Å². The number of nitrogens with one attached hydrogen (secondary N) is 2. The third kappa shape index (κ3) is 4.24. The minimum atomic E-state index is 0.0704. The Bertz CT molecular complexity index is 1060. The van der Waals surface area contributed by atoms with Gasteiger partial charge in [0.05, 0.1) is 11.9 Å². The van der Waals surface area contributed by atoms with Crippen molar-refractivity contribution in [2.75, 3.05) is 31.6 Å². The van der Waals surface area contributed by atoms with Gasteiger partial charge in [-0.25, -0.2) is 9.97 Å². The summed E-state index contributed by atoms with van der Waals surface area (Å²) in [4.78, 5) is 24.6. The molecule has 2 aliphatic rings. The van der Waals surface area contributed by atoms with Crippen LogP contribution < -0.4 is 15.5 Å². The van der Waals surface area contributed by atoms with Crippen LogP contribution in [0, 0.1) is 11.8 Å². The predicted octanol–water partition coefficient (Wildman–Crippen LogP) is 4.08. The first-order chi connectivity index (χ1) is 15.7. The summed E-state index contributed by atoms with van der Waals surface area (Å²) in [5, 5.41) is 9.72. The summed E-state index contributed by atoms with van der Waals surface area (Å²) in [5.41, 5.74) is 2.44. The van der Waals surface area contributed by atoms with E-state index in [1.165, 1.54) is 35.8 Å². The van der Waals surface area contributed by atoms with E-state index in [0.717, 1.165) is 36.6 Å². The number of piperidine rings is 1. The maximum atomic E-state index is 11.8. The lowest BCUT2D eigenvalue weighted by atomic mass is 9.72. The number of anilines is 1. The highest BCUT2D eigenvalue weighted by molar-refractivity contribution is 7.17. The summed E-state index contributed by atoms with van der Waals surface area (Å²) in [6.07, 6.45) is 7.84. The van der Waals surface area contributed by atoms with Gasteiger partial charge in [0.25, 0.3) is 0 Å². The van der Waals surface area contributed by atoms with E-state index in [4.69, 9.17) is 4.98 Å². The average molecular weight is 450 g/mol. The molecule has 0 radical (unpaired) electrons. The Balaban J connectivity index is 1.34. The van der Waals surface area contributed by atoms with Crippen molar-refractivity contribution in [3.8, 4) is 11.1 Å². The lowest BCUT2D eigenvalue weighted by molar-refractivity contribution is -0.120. The molecule has 0 spiro atoms. The second kappa shape index (κ2) is 9.55. The van der Waals surface area contributed by atoms with Gasteiger partial charge >= 0.3 is 0 Å². The molecule has 5 rings (SSSR count). The minimum Gasteiger partial charge on any atom is -0.358 e. The van der Waals surface area contributed by atoms with Gasteiger partial charge in [0, 0.05) is 37.1 Å². The molecule has 1 aromatic carbocycles. The van der Waals surface area contributed by atoms with E-state index in [1.54, 1.807) is 24.7 Å². The number of hydrogen-bond donors (Lipinski definition) is 2. The number of likely N-dealkylation sites (N-methyl/N-ethyl adjacent to an activating group) is 1. The number of thiophene rings is 1. The fourth-order valence-corrected chi connectivity index (χ4v) is 6.13. The summed E-state index contributed by atoms with van der Waals surface area (Å²) in [6, 6.07) is 11.0. The van der Waals surface area contributed by atoms with E-state index >= 15 is 0 Å². The van der Waals surface area contributed by atoms with Gasteiger partial charge in [0.1, 0.15) is 17.0 Å². The van der Waals surface area contributed by atoms with Gasteiger partial charge in [-0.3, -0.25) is 4.79 Å². The van der Waals surface area contributed by atoms with E-state index < -0.39 is 0 Å². The van der Waals surface area contributed by atoms with E-state index in [-0.39, 0.29) is 5.91 Å². The Morgan fingerprint density at radius 2 is 1.88 bits per heavy atom. The summed E-state index contributed by atoms with van der Waals surface area (Å²) in [7, 11) is 1.71. The first kappa shape index (κ1) is 21.3. The topological polar surface area (TPSA) is 70.2 Å². The average Bonchev–Trinajstić information content (AvgIpc) is 3.25. The zero-order valence-electron chi connectivity index (χ0n) is 18.6. The first-order valence-corrected chi connectivity index (χ1v) is 12.6. The van der Waals surface area contributed by atoms with Crippen LogP contribution in [0.1, 0.15) is 32.1 Å². The van der Waals surface area contributed by atoms with Crippen LogP contribution in [-0.2, 0) is 4.79 Å². The standard InChI is InChI=1S/C25H31N5OS/c1-26-21(31)14-27-23(18-8-5-9-18)19-10-12-30(13-11-19)24-22-20(17-6-3-2-4-7-17)15-32-25(22)29-16-28-24/h2-4,6-7,15-16,18-19,23,27H,5,8-14H2,1H3,(H,26,31). The first-order valence-electron chi connectivity index (χ1n) is 11.7. The lowest BCUT2D eigenvalue weighted by Gasteiger charge is -2.43. The highest BCUT2D eigenvalue weighted by Gasteiger charge is 2.35. The van der Waals surface area contributed by atoms with Crippen molar-refractivity contribution < 1.29 is 4.79 Å². The molecular weight excluding hydrogens is 418 g/mol. The van der Waals surface area contributed by atoms with Crippen molar-refractivity contribution >= 4 is 33.3 Å². The molecule has 1 atom stereocenters. The monoisotopic (exact) mass is 449 g/mol. The molecule has 168 valence electrons. The molecule has 0 bridgehead atoms. The molecule has 2 fully saturated rings. The number of carbonyl (C=O) groups is 1. The third-order valence-corrected chi connectivity index (χ3v) is 8.10. The Morgan fingerprint density at radius 3 is 2.56 bits per heavy atom. The van der Waals surface area contributed by atoms with Crippen LogP contribution in [-0.4, -0.2) is 48.6 Å². The Kier molecular flexibility index (Phi) is 6.37. The zero-order valence-corrected chi connectivity index (χ0v) is 19.4. The SMILES string of the molecule is CNC(=O)CNC(C1CCC1)C1CCN(c2ncnc3scc(-c4ccccc4)c23)CC1. The highest BCUT2D eigenvalue weighted by Crippen LogP contribution is 2.40. The predicted molar refractivity (Wildman–Crippen MR) is 131 cm³/mol. The molecular formula is C25H31N5OS. The maximum absolute atomic E-state index is 11.8. The van der Waals surface area contributed by atoms with Gasteiger partial charge < -0.3 is 15.5 Å². The Hall–Kier alpha value is -2.51. The number of carbonyl (C=O) groups excluding carboxylic acids is 1. The smallest absolute Gasteiger partial charge is 0.233 e. The van der Waals surface area contributed by atoms with Gasteiger partial charge in [0.2, 0.25) is 5.91 Å². The zero-order chi connectivity index (χ0) is 21.9.